The molecule has 0 aliphatic carbocycles. The van der Waals surface area contributed by atoms with Crippen molar-refractivity contribution >= 4 is 47.3 Å². The molecule has 8 amide bonds. The molecular weight excluding hydrogens is 1150 g/mol. The Morgan fingerprint density at radius 3 is 1.16 bits per heavy atom. The maximum atomic E-state index is 14.2. The van der Waals surface area contributed by atoms with E-state index in [-0.39, 0.29) is 99.4 Å². The van der Waals surface area contributed by atoms with Crippen molar-refractivity contribution in [1.82, 2.24) is 36.8 Å². The van der Waals surface area contributed by atoms with E-state index in [0.29, 0.717) is 32.8 Å². The Morgan fingerprint density at radius 2 is 0.736 bits per heavy atom. The third-order valence-electron chi connectivity index (χ3n) is 17.1. The average molecular weight is 1290 g/mol. The number of hydrogen-bond donors (Lipinski definition) is 6. The molecule has 1 aliphatic rings. The van der Waals surface area contributed by atoms with Crippen LogP contribution in [0.1, 0.15) is 291 Å². The number of nitrogens with zero attached hydrogens (tertiary/aromatic N) is 1. The standard InChI is InChI=1S/C73H135N7O11/c1-17-21-25-29-31-35-39-57(37-33-27-23-19-3)65(86)76-50-69(7,8)54-89-53-68(5,6)48-74-60(81)42-41-59(79-62(83)47-72(13,14)90-55-70(9,10)49-75-61(82)45-46-80-63(84)43-44-64(80)85)67(88)77-51-71(11,12)56-91-73(15,16)52-78-66(87)58(38-34-28-24-20-4)40-36-32-30-26-22-18-2/h43-44,57-59H,17-42,45-56H2,1-16H3,(H,74,81)(H,75,82)(H,76,86)(H,77,88)(H,78,87)(H,79,83)/t57?,58?,59-/m0/s1. The Labute approximate surface area is 553 Å². The largest absolute Gasteiger partial charge is 0.380 e. The van der Waals surface area contributed by atoms with Gasteiger partial charge in [-0.1, -0.05) is 212 Å². The summed E-state index contributed by atoms with van der Waals surface area (Å²) in [5, 5.41) is 18.3. The van der Waals surface area contributed by atoms with Crippen LogP contribution in [0.3, 0.4) is 0 Å². The fourth-order valence-corrected chi connectivity index (χ4v) is 10.7. The van der Waals surface area contributed by atoms with Crippen LogP contribution in [0.5, 0.6) is 0 Å². The average Bonchev–Trinajstić information content (AvgIpc) is 4.03. The Hall–Kier alpha value is -4.42. The summed E-state index contributed by atoms with van der Waals surface area (Å²) in [6.45, 7) is 35.1. The first-order valence-corrected chi connectivity index (χ1v) is 35.8. The van der Waals surface area contributed by atoms with Gasteiger partial charge in [-0.05, 0) is 59.8 Å². The first-order chi connectivity index (χ1) is 42.7. The van der Waals surface area contributed by atoms with E-state index in [4.69, 9.17) is 14.2 Å². The second-order valence-corrected chi connectivity index (χ2v) is 30.9. The molecule has 0 aromatic heterocycles. The monoisotopic (exact) mass is 1290 g/mol. The van der Waals surface area contributed by atoms with E-state index in [1.807, 2.05) is 55.4 Å². The molecule has 0 bridgehead atoms. The molecule has 18 heteroatoms. The number of imide groups is 1. The minimum Gasteiger partial charge on any atom is -0.380 e. The number of hydrogen-bond acceptors (Lipinski definition) is 11. The summed E-state index contributed by atoms with van der Waals surface area (Å²) in [5.41, 5.74) is -3.58. The van der Waals surface area contributed by atoms with Crippen LogP contribution in [0.25, 0.3) is 0 Å². The maximum absolute atomic E-state index is 14.2. The van der Waals surface area contributed by atoms with Crippen molar-refractivity contribution in [2.24, 2.45) is 33.5 Å². The minimum absolute atomic E-state index is 0.0194. The molecule has 0 fully saturated rings. The molecule has 0 saturated heterocycles. The first kappa shape index (κ1) is 84.6. The Kier molecular flexibility index (Phi) is 41.9. The molecule has 1 aliphatic heterocycles. The summed E-state index contributed by atoms with van der Waals surface area (Å²) in [7, 11) is 0. The lowest BCUT2D eigenvalue weighted by molar-refractivity contribution is -0.137. The molecular formula is C73H135N7O11. The summed E-state index contributed by atoms with van der Waals surface area (Å²) in [4.78, 5) is 107. The van der Waals surface area contributed by atoms with Crippen LogP contribution in [0, 0.1) is 33.5 Å². The third-order valence-corrected chi connectivity index (χ3v) is 17.1. The van der Waals surface area contributed by atoms with Crippen LogP contribution in [-0.4, -0.2) is 135 Å². The highest BCUT2D eigenvalue weighted by atomic mass is 16.5. The van der Waals surface area contributed by atoms with Crippen molar-refractivity contribution in [3.8, 4) is 0 Å². The lowest BCUT2D eigenvalue weighted by Crippen LogP contribution is -2.51. The van der Waals surface area contributed by atoms with E-state index in [1.54, 1.807) is 13.8 Å². The summed E-state index contributed by atoms with van der Waals surface area (Å²) in [5.74, 6) is -2.17. The molecule has 6 N–H and O–H groups in total. The SMILES string of the molecule is CCCCCCCCC(CCCCCC)C(=O)NCC(C)(C)COCC(C)(C)CNC(=O)CC[C@H](NC(=O)CC(C)(C)OCC(C)(C)CNC(=O)CCN1C(=O)C=CC1=O)C(=O)NCC(C)(C)COC(C)(C)CNC(=O)C(CCCCCC)CCCCCCCC. The number of nitrogens with one attached hydrogen (secondary N) is 6. The van der Waals surface area contributed by atoms with Crippen LogP contribution in [-0.2, 0) is 52.6 Å². The van der Waals surface area contributed by atoms with Gasteiger partial charge < -0.3 is 46.1 Å². The van der Waals surface area contributed by atoms with Crippen LogP contribution >= 0.6 is 0 Å². The van der Waals surface area contributed by atoms with Crippen molar-refractivity contribution < 1.29 is 52.6 Å². The number of carbonyl (C=O) groups excluding carboxylic acids is 8. The molecule has 0 aromatic carbocycles. The van der Waals surface area contributed by atoms with Gasteiger partial charge in [0.1, 0.15) is 6.04 Å². The molecule has 0 radical (unpaired) electrons. The van der Waals surface area contributed by atoms with Gasteiger partial charge in [-0.3, -0.25) is 43.3 Å². The van der Waals surface area contributed by atoms with Gasteiger partial charge >= 0.3 is 0 Å². The van der Waals surface area contributed by atoms with Gasteiger partial charge in [0, 0.05) is 97.8 Å². The first-order valence-electron chi connectivity index (χ1n) is 35.8. The summed E-state index contributed by atoms with van der Waals surface area (Å²) < 4.78 is 19.0. The fourth-order valence-electron chi connectivity index (χ4n) is 10.7. The molecule has 18 nitrogen and oxygen atoms in total. The van der Waals surface area contributed by atoms with E-state index in [1.165, 1.54) is 89.2 Å². The quantitative estimate of drug-likeness (QED) is 0.0247. The lowest BCUT2D eigenvalue weighted by atomic mass is 9.91. The molecule has 1 heterocycles. The number of ether oxygens (including phenoxy) is 3. The van der Waals surface area contributed by atoms with E-state index in [9.17, 15) is 38.4 Å². The van der Waals surface area contributed by atoms with E-state index < -0.39 is 57.1 Å². The van der Waals surface area contributed by atoms with Gasteiger partial charge in [-0.2, -0.15) is 0 Å². The highest BCUT2D eigenvalue weighted by molar-refractivity contribution is 6.13. The maximum Gasteiger partial charge on any atom is 0.253 e. The lowest BCUT2D eigenvalue weighted by Gasteiger charge is -2.33. The summed E-state index contributed by atoms with van der Waals surface area (Å²) in [6.07, 6.45) is 29.2. The topological polar surface area (TPSA) is 240 Å². The molecule has 0 saturated carbocycles. The number of carbonyl (C=O) groups is 8. The summed E-state index contributed by atoms with van der Waals surface area (Å²) >= 11 is 0. The second-order valence-electron chi connectivity index (χ2n) is 30.9. The smallest absolute Gasteiger partial charge is 0.253 e. The van der Waals surface area contributed by atoms with Gasteiger partial charge in [0.25, 0.3) is 11.8 Å². The minimum atomic E-state index is -1.07. The number of rotatable bonds is 56. The Balaban J connectivity index is 3.04. The van der Waals surface area contributed by atoms with Crippen molar-refractivity contribution in [2.45, 2.75) is 308 Å². The zero-order valence-corrected chi connectivity index (χ0v) is 60.7. The predicted octanol–water partition coefficient (Wildman–Crippen LogP) is 12.9. The van der Waals surface area contributed by atoms with Crippen molar-refractivity contribution in [2.75, 3.05) is 65.7 Å². The predicted molar refractivity (Wildman–Crippen MR) is 368 cm³/mol. The molecule has 0 spiro atoms. The van der Waals surface area contributed by atoms with Crippen LogP contribution in [0.2, 0.25) is 0 Å². The van der Waals surface area contributed by atoms with E-state index >= 15 is 0 Å². The highest BCUT2D eigenvalue weighted by Gasteiger charge is 2.34. The van der Waals surface area contributed by atoms with Gasteiger partial charge in [-0.25, -0.2) is 0 Å². The molecule has 0 aromatic rings. The molecule has 528 valence electrons. The number of amides is 8. The van der Waals surface area contributed by atoms with E-state index in [2.05, 4.69) is 73.4 Å². The van der Waals surface area contributed by atoms with Gasteiger partial charge in [0.05, 0.1) is 44.1 Å². The van der Waals surface area contributed by atoms with Crippen molar-refractivity contribution in [1.29, 1.82) is 0 Å². The van der Waals surface area contributed by atoms with E-state index in [0.717, 1.165) is 81.9 Å². The van der Waals surface area contributed by atoms with Crippen LogP contribution < -0.4 is 31.9 Å². The molecule has 91 heavy (non-hydrogen) atoms. The Bertz CT molecular complexity index is 2140. The number of unbranched alkanes of at least 4 members (excludes halogenated alkanes) is 16. The van der Waals surface area contributed by atoms with Crippen LogP contribution in [0.15, 0.2) is 12.2 Å². The Morgan fingerprint density at radius 1 is 0.396 bits per heavy atom. The molecule has 1 rings (SSSR count). The fraction of sp³-hybridized carbons (Fsp3) is 0.863. The van der Waals surface area contributed by atoms with Gasteiger partial charge in [0.15, 0.2) is 0 Å². The molecule has 2 unspecified atom stereocenters. The van der Waals surface area contributed by atoms with Crippen molar-refractivity contribution in [3.63, 3.8) is 0 Å². The normalized spacial score (nSPS) is 14.3. The molecule has 3 atom stereocenters. The van der Waals surface area contributed by atoms with Crippen molar-refractivity contribution in [3.05, 3.63) is 12.2 Å². The van der Waals surface area contributed by atoms with Gasteiger partial charge in [-0.15, -0.1) is 0 Å². The zero-order valence-electron chi connectivity index (χ0n) is 60.7. The van der Waals surface area contributed by atoms with Crippen LogP contribution in [0.4, 0.5) is 0 Å². The van der Waals surface area contributed by atoms with Gasteiger partial charge in [0.2, 0.25) is 35.4 Å². The highest BCUT2D eigenvalue weighted by Crippen LogP contribution is 2.26. The second kappa shape index (κ2) is 45.0. The summed E-state index contributed by atoms with van der Waals surface area (Å²) in [6, 6.07) is -1.07. The third kappa shape index (κ3) is 41.8. The zero-order chi connectivity index (χ0) is 68.6.